The van der Waals surface area contributed by atoms with Crippen LogP contribution in [0.2, 0.25) is 0 Å². The molecule has 0 radical (unpaired) electrons. The highest BCUT2D eigenvalue weighted by Crippen LogP contribution is 2.32. The van der Waals surface area contributed by atoms with Crippen molar-refractivity contribution in [3.8, 4) is 5.75 Å². The summed E-state index contributed by atoms with van der Waals surface area (Å²) in [5.74, 6) is 2.18. The van der Waals surface area contributed by atoms with Crippen LogP contribution in [0, 0.1) is 0 Å². The standard InChI is InChI=1S/C13H16ClNO2S/c1-13(9-14)7-12(15-17-13)18-8-10-5-3-4-6-11(10)16-2/h3-6H,7-9H2,1-2H3. The summed E-state index contributed by atoms with van der Waals surface area (Å²) in [6.07, 6.45) is 0.774. The third-order valence-electron chi connectivity index (χ3n) is 2.76. The fourth-order valence-corrected chi connectivity index (χ4v) is 2.88. The summed E-state index contributed by atoms with van der Waals surface area (Å²) in [6.45, 7) is 1.97. The maximum absolute atomic E-state index is 5.85. The molecule has 1 unspecified atom stereocenters. The average Bonchev–Trinajstić information content (AvgIpc) is 2.79. The monoisotopic (exact) mass is 285 g/mol. The molecule has 0 fully saturated rings. The Morgan fingerprint density at radius 3 is 2.94 bits per heavy atom. The van der Waals surface area contributed by atoms with Crippen LogP contribution in [0.4, 0.5) is 0 Å². The Hall–Kier alpha value is -0.870. The molecule has 1 aromatic carbocycles. The Balaban J connectivity index is 1.93. The van der Waals surface area contributed by atoms with Crippen molar-refractivity contribution >= 4 is 28.4 Å². The number of alkyl halides is 1. The molecule has 98 valence electrons. The Kier molecular flexibility index (Phi) is 4.40. The van der Waals surface area contributed by atoms with Crippen molar-refractivity contribution in [2.45, 2.75) is 24.7 Å². The number of halogens is 1. The van der Waals surface area contributed by atoms with E-state index >= 15 is 0 Å². The first kappa shape index (κ1) is 13.6. The molecule has 18 heavy (non-hydrogen) atoms. The quantitative estimate of drug-likeness (QED) is 0.791. The largest absolute Gasteiger partial charge is 0.496 e. The van der Waals surface area contributed by atoms with E-state index in [9.17, 15) is 0 Å². The van der Waals surface area contributed by atoms with Crippen molar-refractivity contribution in [2.24, 2.45) is 5.16 Å². The SMILES string of the molecule is COc1ccccc1CSC1=NOC(C)(CCl)C1. The summed E-state index contributed by atoms with van der Waals surface area (Å²) in [5, 5.41) is 5.07. The predicted molar refractivity (Wildman–Crippen MR) is 76.6 cm³/mol. The molecule has 1 aromatic rings. The first-order valence-corrected chi connectivity index (χ1v) is 7.24. The van der Waals surface area contributed by atoms with Crippen LogP contribution in [0.25, 0.3) is 0 Å². The van der Waals surface area contributed by atoms with Gasteiger partial charge in [0.1, 0.15) is 10.8 Å². The molecule has 0 amide bonds. The van der Waals surface area contributed by atoms with E-state index < -0.39 is 0 Å². The molecular formula is C13H16ClNO2S. The second-order valence-electron chi connectivity index (χ2n) is 4.44. The number of methoxy groups -OCH3 is 1. The van der Waals surface area contributed by atoms with Gasteiger partial charge in [0.15, 0.2) is 5.60 Å². The van der Waals surface area contributed by atoms with Gasteiger partial charge in [-0.3, -0.25) is 0 Å². The summed E-state index contributed by atoms with van der Waals surface area (Å²) in [6, 6.07) is 8.00. The topological polar surface area (TPSA) is 30.8 Å². The molecule has 0 saturated carbocycles. The van der Waals surface area contributed by atoms with E-state index in [1.54, 1.807) is 18.9 Å². The van der Waals surface area contributed by atoms with Crippen LogP contribution in [-0.4, -0.2) is 23.6 Å². The first-order chi connectivity index (χ1) is 8.67. The number of rotatable bonds is 4. The van der Waals surface area contributed by atoms with Gasteiger partial charge in [0.25, 0.3) is 0 Å². The van der Waals surface area contributed by atoms with Crippen LogP contribution in [0.1, 0.15) is 18.9 Å². The molecule has 1 aliphatic rings. The number of para-hydroxylation sites is 1. The van der Waals surface area contributed by atoms with Gasteiger partial charge in [0.05, 0.1) is 13.0 Å². The number of nitrogens with zero attached hydrogens (tertiary/aromatic N) is 1. The van der Waals surface area contributed by atoms with E-state index in [2.05, 4.69) is 11.2 Å². The molecule has 1 aliphatic heterocycles. The lowest BCUT2D eigenvalue weighted by molar-refractivity contribution is 0.0152. The zero-order valence-corrected chi connectivity index (χ0v) is 12.1. The highest BCUT2D eigenvalue weighted by Gasteiger charge is 2.33. The minimum atomic E-state index is -0.343. The van der Waals surface area contributed by atoms with Crippen molar-refractivity contribution in [1.29, 1.82) is 0 Å². The minimum absolute atomic E-state index is 0.343. The van der Waals surface area contributed by atoms with Crippen LogP contribution in [0.3, 0.4) is 0 Å². The Bertz CT molecular complexity index is 452. The van der Waals surface area contributed by atoms with E-state index in [1.165, 1.54) is 0 Å². The van der Waals surface area contributed by atoms with E-state index in [4.69, 9.17) is 21.2 Å². The zero-order chi connectivity index (χ0) is 13.0. The molecule has 1 atom stereocenters. The van der Waals surface area contributed by atoms with Crippen molar-refractivity contribution in [2.75, 3.05) is 13.0 Å². The highest BCUT2D eigenvalue weighted by atomic mass is 35.5. The molecule has 5 heteroatoms. The van der Waals surface area contributed by atoms with E-state index in [1.807, 2.05) is 25.1 Å². The number of hydrogen-bond donors (Lipinski definition) is 0. The lowest BCUT2D eigenvalue weighted by Gasteiger charge is -2.16. The van der Waals surface area contributed by atoms with Crippen LogP contribution in [-0.2, 0) is 10.6 Å². The van der Waals surface area contributed by atoms with E-state index in [0.717, 1.165) is 28.5 Å². The summed E-state index contributed by atoms with van der Waals surface area (Å²) < 4.78 is 5.32. The fraction of sp³-hybridized carbons (Fsp3) is 0.462. The van der Waals surface area contributed by atoms with E-state index in [0.29, 0.717) is 5.88 Å². The van der Waals surface area contributed by atoms with E-state index in [-0.39, 0.29) is 5.60 Å². The smallest absolute Gasteiger partial charge is 0.154 e. The summed E-state index contributed by atoms with van der Waals surface area (Å²) in [5.41, 5.74) is 0.817. The first-order valence-electron chi connectivity index (χ1n) is 5.72. The van der Waals surface area contributed by atoms with Crippen molar-refractivity contribution in [1.82, 2.24) is 0 Å². The van der Waals surface area contributed by atoms with Gasteiger partial charge in [-0.05, 0) is 13.0 Å². The molecule has 0 saturated heterocycles. The molecule has 1 heterocycles. The number of hydrogen-bond acceptors (Lipinski definition) is 4. The van der Waals surface area contributed by atoms with Crippen molar-refractivity contribution < 1.29 is 9.57 Å². The Labute approximate surface area is 116 Å². The Morgan fingerprint density at radius 2 is 2.28 bits per heavy atom. The van der Waals surface area contributed by atoms with Gasteiger partial charge >= 0.3 is 0 Å². The molecule has 0 N–H and O–H groups in total. The lowest BCUT2D eigenvalue weighted by atomic mass is 10.1. The van der Waals surface area contributed by atoms with Gasteiger partial charge in [0.2, 0.25) is 0 Å². The van der Waals surface area contributed by atoms with Crippen LogP contribution in [0.15, 0.2) is 29.4 Å². The third kappa shape index (κ3) is 3.12. The van der Waals surface area contributed by atoms with Crippen LogP contribution in [0.5, 0.6) is 5.75 Å². The zero-order valence-electron chi connectivity index (χ0n) is 10.5. The third-order valence-corrected chi connectivity index (χ3v) is 4.34. The fourth-order valence-electron chi connectivity index (χ4n) is 1.68. The molecule has 0 spiro atoms. The summed E-state index contributed by atoms with van der Waals surface area (Å²) >= 11 is 7.52. The van der Waals surface area contributed by atoms with Crippen LogP contribution < -0.4 is 4.74 Å². The minimum Gasteiger partial charge on any atom is -0.496 e. The maximum Gasteiger partial charge on any atom is 0.154 e. The maximum atomic E-state index is 5.85. The molecule has 0 bridgehead atoms. The van der Waals surface area contributed by atoms with Gasteiger partial charge in [-0.15, -0.1) is 23.4 Å². The van der Waals surface area contributed by atoms with Crippen molar-refractivity contribution in [3.05, 3.63) is 29.8 Å². The molecule has 3 nitrogen and oxygen atoms in total. The number of ether oxygens (including phenoxy) is 1. The number of benzene rings is 1. The number of thioether (sulfide) groups is 1. The van der Waals surface area contributed by atoms with Gasteiger partial charge in [-0.25, -0.2) is 0 Å². The van der Waals surface area contributed by atoms with Gasteiger partial charge in [0, 0.05) is 17.7 Å². The second kappa shape index (κ2) is 5.85. The summed E-state index contributed by atoms with van der Waals surface area (Å²) in [4.78, 5) is 5.35. The normalized spacial score (nSPS) is 22.5. The molecule has 0 aliphatic carbocycles. The highest BCUT2D eigenvalue weighted by molar-refractivity contribution is 8.13. The van der Waals surface area contributed by atoms with Gasteiger partial charge in [-0.1, -0.05) is 23.4 Å². The molecule has 2 rings (SSSR count). The Morgan fingerprint density at radius 1 is 1.50 bits per heavy atom. The summed E-state index contributed by atoms with van der Waals surface area (Å²) in [7, 11) is 1.68. The molecule has 0 aromatic heterocycles. The predicted octanol–water partition coefficient (Wildman–Crippen LogP) is 3.66. The lowest BCUT2D eigenvalue weighted by Crippen LogP contribution is -2.26. The number of oxime groups is 1. The van der Waals surface area contributed by atoms with Crippen LogP contribution >= 0.6 is 23.4 Å². The van der Waals surface area contributed by atoms with Crippen molar-refractivity contribution in [3.63, 3.8) is 0 Å². The van der Waals surface area contributed by atoms with Gasteiger partial charge in [-0.2, -0.15) is 0 Å². The average molecular weight is 286 g/mol. The second-order valence-corrected chi connectivity index (χ2v) is 5.75. The van der Waals surface area contributed by atoms with Gasteiger partial charge < -0.3 is 9.57 Å². The molecular weight excluding hydrogens is 270 g/mol.